The molecule has 224 valence electrons. The van der Waals surface area contributed by atoms with Crippen molar-refractivity contribution in [2.24, 2.45) is 0 Å². The largest absolute Gasteiger partial charge is 0.444 e. The van der Waals surface area contributed by atoms with Crippen molar-refractivity contribution < 1.29 is 22.7 Å². The summed E-state index contributed by atoms with van der Waals surface area (Å²) in [6.07, 6.45) is 5.03. The van der Waals surface area contributed by atoms with Gasteiger partial charge >= 0.3 is 6.09 Å². The molecule has 2 amide bonds. The monoisotopic (exact) mass is 600 g/mol. The van der Waals surface area contributed by atoms with Gasteiger partial charge in [0, 0.05) is 25.0 Å². The van der Waals surface area contributed by atoms with Gasteiger partial charge in [0.15, 0.2) is 0 Å². The summed E-state index contributed by atoms with van der Waals surface area (Å²) < 4.78 is 32.9. The summed E-state index contributed by atoms with van der Waals surface area (Å²) in [5.74, 6) is -0.459. The van der Waals surface area contributed by atoms with Gasteiger partial charge in [0.25, 0.3) is 10.0 Å². The Hall–Kier alpha value is -4.67. The molecule has 0 fully saturated rings. The second kappa shape index (κ2) is 13.1. The third-order valence-electron chi connectivity index (χ3n) is 6.15. The van der Waals surface area contributed by atoms with Crippen molar-refractivity contribution in [2.45, 2.75) is 37.8 Å². The van der Waals surface area contributed by atoms with Gasteiger partial charge in [-0.05, 0) is 93.5 Å². The Morgan fingerprint density at radius 1 is 0.860 bits per heavy atom. The van der Waals surface area contributed by atoms with Crippen LogP contribution in [-0.2, 0) is 26.1 Å². The maximum Gasteiger partial charge on any atom is 0.412 e. The van der Waals surface area contributed by atoms with Gasteiger partial charge in [0.1, 0.15) is 5.60 Å². The smallest absolute Gasteiger partial charge is 0.412 e. The molecule has 1 heterocycles. The van der Waals surface area contributed by atoms with Crippen LogP contribution in [0.2, 0.25) is 0 Å². The van der Waals surface area contributed by atoms with E-state index in [9.17, 15) is 18.0 Å². The number of aromatic nitrogens is 1. The first-order valence-electron chi connectivity index (χ1n) is 13.7. The van der Waals surface area contributed by atoms with Gasteiger partial charge in [-0.15, -0.1) is 0 Å². The molecule has 0 unspecified atom stereocenters. The lowest BCUT2D eigenvalue weighted by Crippen LogP contribution is -2.27. The fraction of sp³-hybridized carbons (Fsp3) is 0.212. The van der Waals surface area contributed by atoms with Crippen LogP contribution in [0.25, 0.3) is 17.2 Å². The average Bonchev–Trinajstić information content (AvgIpc) is 3.42. The first-order valence-corrected chi connectivity index (χ1v) is 15.1. The molecule has 0 aliphatic carbocycles. The summed E-state index contributed by atoms with van der Waals surface area (Å²) in [6.45, 7) is 6.11. The van der Waals surface area contributed by atoms with Crippen molar-refractivity contribution in [3.63, 3.8) is 0 Å². The summed E-state index contributed by atoms with van der Waals surface area (Å²) >= 11 is 0. The second-order valence-corrected chi connectivity index (χ2v) is 13.1. The first kappa shape index (κ1) is 31.3. The molecule has 0 radical (unpaired) electrons. The van der Waals surface area contributed by atoms with E-state index in [0.29, 0.717) is 16.9 Å². The molecule has 2 N–H and O–H groups in total. The summed E-state index contributed by atoms with van der Waals surface area (Å²) in [4.78, 5) is 27.0. The lowest BCUT2D eigenvalue weighted by atomic mass is 10.0. The lowest BCUT2D eigenvalue weighted by Gasteiger charge is -2.20. The molecular formula is C33H36N4O5S. The number of para-hydroxylation sites is 2. The predicted molar refractivity (Wildman–Crippen MR) is 170 cm³/mol. The summed E-state index contributed by atoms with van der Waals surface area (Å²) in [7, 11) is 0.206. The van der Waals surface area contributed by atoms with Crippen LogP contribution < -0.4 is 10.6 Å². The first-order chi connectivity index (χ1) is 20.3. The number of nitrogens with one attached hydrogen (secondary N) is 2. The fourth-order valence-corrected chi connectivity index (χ4v) is 5.42. The molecule has 0 saturated carbocycles. The fourth-order valence-electron chi connectivity index (χ4n) is 4.21. The van der Waals surface area contributed by atoms with E-state index in [1.807, 2.05) is 26.2 Å². The van der Waals surface area contributed by atoms with E-state index in [4.69, 9.17) is 4.74 Å². The second-order valence-electron chi connectivity index (χ2n) is 11.2. The topological polar surface area (TPSA) is 110 Å². The molecule has 0 aliphatic heterocycles. The maximum absolute atomic E-state index is 13.2. The van der Waals surface area contributed by atoms with Crippen molar-refractivity contribution in [2.75, 3.05) is 24.7 Å². The number of carbonyl (C=O) groups is 2. The molecule has 4 rings (SSSR count). The predicted octanol–water partition coefficient (Wildman–Crippen LogP) is 6.45. The lowest BCUT2D eigenvalue weighted by molar-refractivity contribution is -0.111. The van der Waals surface area contributed by atoms with E-state index in [2.05, 4.69) is 27.7 Å². The van der Waals surface area contributed by atoms with Crippen LogP contribution in [0.5, 0.6) is 0 Å². The van der Waals surface area contributed by atoms with Crippen molar-refractivity contribution in [3.8, 4) is 11.1 Å². The molecule has 0 aliphatic rings. The van der Waals surface area contributed by atoms with E-state index in [1.54, 1.807) is 75.4 Å². The number of rotatable bonds is 9. The Morgan fingerprint density at radius 3 is 2.02 bits per heavy atom. The molecular weight excluding hydrogens is 564 g/mol. The highest BCUT2D eigenvalue weighted by Gasteiger charge is 2.18. The number of hydrogen-bond donors (Lipinski definition) is 2. The number of carbonyl (C=O) groups excluding carboxylic acids is 2. The third-order valence-corrected chi connectivity index (χ3v) is 7.80. The Balaban J connectivity index is 1.41. The van der Waals surface area contributed by atoms with Gasteiger partial charge in [-0.1, -0.05) is 48.5 Å². The van der Waals surface area contributed by atoms with E-state index < -0.39 is 27.6 Å². The van der Waals surface area contributed by atoms with Gasteiger partial charge in [-0.2, -0.15) is 0 Å². The van der Waals surface area contributed by atoms with Gasteiger partial charge in [0.2, 0.25) is 5.91 Å². The summed E-state index contributed by atoms with van der Waals surface area (Å²) in [5, 5.41) is 5.35. The molecule has 3 aromatic carbocycles. The number of nitrogens with zero attached hydrogens (tertiary/aromatic N) is 2. The van der Waals surface area contributed by atoms with Gasteiger partial charge in [-0.25, -0.2) is 17.2 Å². The Bertz CT molecular complexity index is 1720. The van der Waals surface area contributed by atoms with Crippen LogP contribution in [-0.4, -0.2) is 49.0 Å². The molecule has 0 bridgehead atoms. The van der Waals surface area contributed by atoms with Crippen LogP contribution in [0, 0.1) is 0 Å². The Kier molecular flexibility index (Phi) is 9.53. The molecule has 10 heteroatoms. The minimum absolute atomic E-state index is 0.151. The number of hydrogen-bond acceptors (Lipinski definition) is 6. The molecule has 0 atom stereocenters. The van der Waals surface area contributed by atoms with Crippen molar-refractivity contribution >= 4 is 39.5 Å². The molecule has 0 spiro atoms. The number of amides is 2. The van der Waals surface area contributed by atoms with Gasteiger partial charge < -0.3 is 15.0 Å². The normalized spacial score (nSPS) is 12.0. The zero-order valence-electron chi connectivity index (χ0n) is 24.9. The molecule has 1 aromatic heterocycles. The SMILES string of the molecule is CN(C)Cc1ccc(-c2ccc(S(=O)(=O)n3ccc(C=CC(=O)Nc4ccccc4NC(=O)OC(C)(C)C)c3)cc2)cc1. The van der Waals surface area contributed by atoms with Crippen molar-refractivity contribution in [3.05, 3.63) is 108 Å². The van der Waals surface area contributed by atoms with Crippen LogP contribution in [0.3, 0.4) is 0 Å². The highest BCUT2D eigenvalue weighted by atomic mass is 32.2. The third kappa shape index (κ3) is 8.67. The molecule has 43 heavy (non-hydrogen) atoms. The quantitative estimate of drug-likeness (QED) is 0.214. The standard InChI is InChI=1S/C33H36N4O5S/c1-33(2,3)42-32(39)35-30-9-7-6-8-29(30)34-31(38)19-12-25-20-21-37(23-25)43(40,41)28-17-15-27(16-18-28)26-13-10-24(11-14-26)22-36(4)5/h6-21,23H,22H2,1-5H3,(H,34,38)(H,35,39). The van der Waals surface area contributed by atoms with Gasteiger partial charge in [0.05, 0.1) is 16.3 Å². The van der Waals surface area contributed by atoms with Crippen molar-refractivity contribution in [1.29, 1.82) is 0 Å². The average molecular weight is 601 g/mol. The minimum atomic E-state index is -3.83. The van der Waals surface area contributed by atoms with Crippen LogP contribution in [0.15, 0.2) is 102 Å². The van der Waals surface area contributed by atoms with Crippen LogP contribution in [0.1, 0.15) is 31.9 Å². The van der Waals surface area contributed by atoms with E-state index in [0.717, 1.165) is 21.6 Å². The zero-order valence-corrected chi connectivity index (χ0v) is 25.7. The summed E-state index contributed by atoms with van der Waals surface area (Å²) in [5.41, 5.74) is 3.73. The Labute approximate surface area is 252 Å². The van der Waals surface area contributed by atoms with Crippen molar-refractivity contribution in [1.82, 2.24) is 8.87 Å². The van der Waals surface area contributed by atoms with E-state index in [1.165, 1.54) is 30.1 Å². The number of ether oxygens (including phenoxy) is 1. The van der Waals surface area contributed by atoms with Crippen LogP contribution in [0.4, 0.5) is 16.2 Å². The highest BCUT2D eigenvalue weighted by molar-refractivity contribution is 7.90. The Morgan fingerprint density at radius 2 is 1.44 bits per heavy atom. The zero-order chi connectivity index (χ0) is 31.2. The number of anilines is 2. The number of benzene rings is 3. The van der Waals surface area contributed by atoms with E-state index >= 15 is 0 Å². The van der Waals surface area contributed by atoms with E-state index in [-0.39, 0.29) is 4.90 Å². The molecule has 0 saturated heterocycles. The molecule has 4 aromatic rings. The van der Waals surface area contributed by atoms with Crippen LogP contribution >= 0.6 is 0 Å². The highest BCUT2D eigenvalue weighted by Crippen LogP contribution is 2.25. The molecule has 9 nitrogen and oxygen atoms in total. The maximum atomic E-state index is 13.2. The summed E-state index contributed by atoms with van der Waals surface area (Å²) in [6, 6.07) is 23.3. The van der Waals surface area contributed by atoms with Gasteiger partial charge in [-0.3, -0.25) is 10.1 Å². The minimum Gasteiger partial charge on any atom is -0.444 e.